The van der Waals surface area contributed by atoms with Gasteiger partial charge in [0.15, 0.2) is 0 Å². The standard InChI is InChI=1S/C14H10BrNO4S/c15-12-4-1-5-13(16(18)19)14(12)20-8-11-7-10(9-21-11)3-2-6-17/h1,4-5,7,9,17H,6,8H2. The molecule has 7 heteroatoms. The van der Waals surface area contributed by atoms with Crippen LogP contribution < -0.4 is 4.74 Å². The van der Waals surface area contributed by atoms with Crippen molar-refractivity contribution in [3.05, 3.63) is 54.7 Å². The minimum absolute atomic E-state index is 0.0822. The fraction of sp³-hybridized carbons (Fsp3) is 0.143. The van der Waals surface area contributed by atoms with E-state index in [4.69, 9.17) is 9.84 Å². The van der Waals surface area contributed by atoms with Crippen LogP contribution in [0.5, 0.6) is 5.75 Å². The van der Waals surface area contributed by atoms with Crippen LogP contribution in [-0.4, -0.2) is 16.6 Å². The van der Waals surface area contributed by atoms with E-state index >= 15 is 0 Å². The van der Waals surface area contributed by atoms with Gasteiger partial charge in [-0.1, -0.05) is 17.9 Å². The first-order valence-electron chi connectivity index (χ1n) is 5.84. The van der Waals surface area contributed by atoms with Gasteiger partial charge < -0.3 is 9.84 Å². The molecule has 0 unspecified atom stereocenters. The van der Waals surface area contributed by atoms with Crippen molar-refractivity contribution in [2.45, 2.75) is 6.61 Å². The van der Waals surface area contributed by atoms with Gasteiger partial charge in [0, 0.05) is 21.9 Å². The highest BCUT2D eigenvalue weighted by atomic mass is 79.9. The van der Waals surface area contributed by atoms with Crippen LogP contribution in [0.15, 0.2) is 34.1 Å². The summed E-state index contributed by atoms with van der Waals surface area (Å²) in [5, 5.41) is 21.5. The Morgan fingerprint density at radius 3 is 3.00 bits per heavy atom. The zero-order valence-electron chi connectivity index (χ0n) is 10.7. The average molecular weight is 368 g/mol. The molecule has 1 aromatic carbocycles. The van der Waals surface area contributed by atoms with Crippen molar-refractivity contribution < 1.29 is 14.8 Å². The van der Waals surface area contributed by atoms with E-state index in [1.54, 1.807) is 12.1 Å². The minimum Gasteiger partial charge on any atom is -0.480 e. The lowest BCUT2D eigenvalue weighted by Gasteiger charge is -2.07. The lowest BCUT2D eigenvalue weighted by molar-refractivity contribution is -0.386. The Kier molecular flexibility index (Phi) is 5.33. The third-order valence-corrected chi connectivity index (χ3v) is 4.00. The van der Waals surface area contributed by atoms with Crippen molar-refractivity contribution in [2.75, 3.05) is 6.61 Å². The summed E-state index contributed by atoms with van der Waals surface area (Å²) in [7, 11) is 0. The fourth-order valence-corrected chi connectivity index (χ4v) is 2.79. The Labute approximate surface area is 133 Å². The summed E-state index contributed by atoms with van der Waals surface area (Å²) in [6.45, 7) is 0.0275. The minimum atomic E-state index is -0.479. The number of rotatable bonds is 4. The van der Waals surface area contributed by atoms with Crippen LogP contribution in [-0.2, 0) is 6.61 Å². The third kappa shape index (κ3) is 4.04. The summed E-state index contributed by atoms with van der Waals surface area (Å²) in [4.78, 5) is 11.4. The van der Waals surface area contributed by atoms with Crippen LogP contribution in [0.1, 0.15) is 10.4 Å². The number of nitrogens with zero attached hydrogens (tertiary/aromatic N) is 1. The van der Waals surface area contributed by atoms with E-state index in [-0.39, 0.29) is 24.7 Å². The van der Waals surface area contributed by atoms with Crippen molar-refractivity contribution in [3.8, 4) is 17.6 Å². The summed E-state index contributed by atoms with van der Waals surface area (Å²) in [5.74, 6) is 5.56. The van der Waals surface area contributed by atoms with Gasteiger partial charge in [-0.15, -0.1) is 11.3 Å². The molecule has 1 aromatic heterocycles. The molecule has 2 aromatic rings. The Morgan fingerprint density at radius 1 is 1.48 bits per heavy atom. The molecule has 21 heavy (non-hydrogen) atoms. The predicted molar refractivity (Wildman–Crippen MR) is 83.4 cm³/mol. The monoisotopic (exact) mass is 367 g/mol. The molecule has 0 radical (unpaired) electrons. The Morgan fingerprint density at radius 2 is 2.29 bits per heavy atom. The highest BCUT2D eigenvalue weighted by molar-refractivity contribution is 9.10. The van der Waals surface area contributed by atoms with Crippen molar-refractivity contribution in [2.24, 2.45) is 0 Å². The number of thiophene rings is 1. The second-order valence-corrected chi connectivity index (χ2v) is 5.75. The zero-order valence-corrected chi connectivity index (χ0v) is 13.1. The van der Waals surface area contributed by atoms with Crippen molar-refractivity contribution >= 4 is 33.0 Å². The molecule has 0 aliphatic carbocycles. The molecule has 0 amide bonds. The number of ether oxygens (including phenoxy) is 1. The number of benzene rings is 1. The molecule has 0 bridgehead atoms. The Bertz CT molecular complexity index is 717. The quantitative estimate of drug-likeness (QED) is 0.510. The maximum absolute atomic E-state index is 11.0. The molecule has 0 aliphatic rings. The van der Waals surface area contributed by atoms with Gasteiger partial charge in [-0.2, -0.15) is 0 Å². The molecule has 2 rings (SSSR count). The second kappa shape index (κ2) is 7.22. The Balaban J connectivity index is 2.13. The number of aliphatic hydroxyl groups excluding tert-OH is 1. The van der Waals surface area contributed by atoms with Gasteiger partial charge in [0.05, 0.1) is 9.40 Å². The molecule has 0 spiro atoms. The largest absolute Gasteiger partial charge is 0.480 e. The molecular weight excluding hydrogens is 358 g/mol. The van der Waals surface area contributed by atoms with Gasteiger partial charge in [0.25, 0.3) is 0 Å². The number of hydrogen-bond donors (Lipinski definition) is 1. The van der Waals surface area contributed by atoms with Crippen LogP contribution in [0.4, 0.5) is 5.69 Å². The third-order valence-electron chi connectivity index (χ3n) is 2.47. The summed E-state index contributed by atoms with van der Waals surface area (Å²) < 4.78 is 6.09. The van der Waals surface area contributed by atoms with E-state index in [0.29, 0.717) is 4.47 Å². The van der Waals surface area contributed by atoms with Crippen LogP contribution in [0.3, 0.4) is 0 Å². The Hall–Kier alpha value is -1.88. The predicted octanol–water partition coefficient (Wildman–Crippen LogP) is 3.34. The van der Waals surface area contributed by atoms with Gasteiger partial charge in [-0.3, -0.25) is 10.1 Å². The fourth-order valence-electron chi connectivity index (χ4n) is 1.59. The number of para-hydroxylation sites is 1. The highest BCUT2D eigenvalue weighted by Crippen LogP contribution is 2.35. The molecule has 0 fully saturated rings. The first-order valence-corrected chi connectivity index (χ1v) is 7.52. The number of halogens is 1. The number of hydrogen-bond acceptors (Lipinski definition) is 5. The van der Waals surface area contributed by atoms with Gasteiger partial charge in [-0.05, 0) is 28.1 Å². The topological polar surface area (TPSA) is 72.6 Å². The number of aliphatic hydroxyl groups is 1. The lowest BCUT2D eigenvalue weighted by atomic mass is 10.3. The second-order valence-electron chi connectivity index (χ2n) is 3.90. The molecule has 0 saturated heterocycles. The molecule has 0 atom stereocenters. The van der Waals surface area contributed by atoms with E-state index < -0.39 is 4.92 Å². The zero-order chi connectivity index (χ0) is 15.2. The molecule has 108 valence electrons. The van der Waals surface area contributed by atoms with Crippen LogP contribution >= 0.6 is 27.3 Å². The lowest BCUT2D eigenvalue weighted by Crippen LogP contribution is -1.98. The molecule has 5 nitrogen and oxygen atoms in total. The van der Waals surface area contributed by atoms with E-state index in [9.17, 15) is 10.1 Å². The maximum Gasteiger partial charge on any atom is 0.312 e. The first-order chi connectivity index (χ1) is 10.1. The normalized spacial score (nSPS) is 9.81. The number of nitro groups is 1. The van der Waals surface area contributed by atoms with Crippen LogP contribution in [0.25, 0.3) is 0 Å². The summed E-state index contributed by atoms with van der Waals surface area (Å²) >= 11 is 4.70. The van der Waals surface area contributed by atoms with Crippen molar-refractivity contribution in [3.63, 3.8) is 0 Å². The molecule has 0 aliphatic heterocycles. The van der Waals surface area contributed by atoms with Crippen LogP contribution in [0, 0.1) is 22.0 Å². The van der Waals surface area contributed by atoms with E-state index in [1.807, 2.05) is 11.4 Å². The molecular formula is C14H10BrNO4S. The highest BCUT2D eigenvalue weighted by Gasteiger charge is 2.18. The van der Waals surface area contributed by atoms with Gasteiger partial charge in [0.1, 0.15) is 13.2 Å². The van der Waals surface area contributed by atoms with E-state index in [0.717, 1.165) is 10.4 Å². The molecule has 1 heterocycles. The van der Waals surface area contributed by atoms with Crippen molar-refractivity contribution in [1.29, 1.82) is 0 Å². The number of nitro benzene ring substituents is 1. The van der Waals surface area contributed by atoms with E-state index in [2.05, 4.69) is 27.8 Å². The van der Waals surface area contributed by atoms with Crippen LogP contribution in [0.2, 0.25) is 0 Å². The smallest absolute Gasteiger partial charge is 0.312 e. The maximum atomic E-state index is 11.0. The summed E-state index contributed by atoms with van der Waals surface area (Å²) in [6, 6.07) is 6.50. The van der Waals surface area contributed by atoms with Gasteiger partial charge >= 0.3 is 5.69 Å². The SMILES string of the molecule is O=[N+]([O-])c1cccc(Br)c1OCc1cc(C#CCO)cs1. The van der Waals surface area contributed by atoms with Crippen molar-refractivity contribution in [1.82, 2.24) is 0 Å². The van der Waals surface area contributed by atoms with Gasteiger partial charge in [-0.25, -0.2) is 0 Å². The first kappa shape index (κ1) is 15.5. The van der Waals surface area contributed by atoms with Gasteiger partial charge in [0.2, 0.25) is 5.75 Å². The summed E-state index contributed by atoms with van der Waals surface area (Å²) in [5.41, 5.74) is 0.704. The molecule has 0 saturated carbocycles. The molecule has 1 N–H and O–H groups in total. The summed E-state index contributed by atoms with van der Waals surface area (Å²) in [6.07, 6.45) is 0. The van der Waals surface area contributed by atoms with E-state index in [1.165, 1.54) is 17.4 Å². The average Bonchev–Trinajstić information content (AvgIpc) is 2.91.